The number of benzene rings is 2. The minimum Gasteiger partial charge on any atom is -0.379 e. The molecule has 0 unspecified atom stereocenters. The Bertz CT molecular complexity index is 2430. The summed E-state index contributed by atoms with van der Waals surface area (Å²) in [7, 11) is 4.97. The van der Waals surface area contributed by atoms with Gasteiger partial charge in [-0.05, 0) is 105 Å². The van der Waals surface area contributed by atoms with Gasteiger partial charge in [-0.25, -0.2) is 0 Å². The van der Waals surface area contributed by atoms with Gasteiger partial charge in [0.15, 0.2) is 0 Å². The van der Waals surface area contributed by atoms with Gasteiger partial charge in [0.2, 0.25) is 35.4 Å². The monoisotopic (exact) mass is 1060 g/mol. The number of rotatable bonds is 30. The van der Waals surface area contributed by atoms with Crippen LogP contribution in [-0.2, 0) is 60.8 Å². The van der Waals surface area contributed by atoms with Crippen molar-refractivity contribution in [1.29, 1.82) is 0 Å². The highest BCUT2D eigenvalue weighted by atomic mass is 16.5. The lowest BCUT2D eigenvalue weighted by Gasteiger charge is -2.41. The second kappa shape index (κ2) is 26.6. The van der Waals surface area contributed by atoms with Crippen molar-refractivity contribution in [3.8, 4) is 0 Å². The Balaban J connectivity index is 0.878. The van der Waals surface area contributed by atoms with Gasteiger partial charge in [0.05, 0.1) is 36.8 Å². The van der Waals surface area contributed by atoms with Crippen LogP contribution in [0.3, 0.4) is 0 Å². The minimum atomic E-state index is -0.871. The van der Waals surface area contributed by atoms with E-state index in [2.05, 4.69) is 40.4 Å². The number of nitrogens with one attached hydrogen (secondary N) is 5. The Labute approximate surface area is 454 Å². The molecule has 9 rings (SSSR count). The van der Waals surface area contributed by atoms with Gasteiger partial charge in [-0.15, -0.1) is 0 Å². The van der Waals surface area contributed by atoms with Crippen molar-refractivity contribution in [2.75, 3.05) is 39.7 Å². The second-order valence-electron chi connectivity index (χ2n) is 22.8. The average molecular weight is 1070 g/mol. The number of piperidine rings is 1. The summed E-state index contributed by atoms with van der Waals surface area (Å²) in [4.78, 5) is 111. The lowest BCUT2D eigenvalue weighted by molar-refractivity contribution is -0.147. The molecule has 4 aliphatic heterocycles. The summed E-state index contributed by atoms with van der Waals surface area (Å²) in [6, 6.07) is 14.1. The number of hydrogen-bond acceptors (Lipinski definition) is 11. The number of likely N-dealkylation sites (N-methyl/N-ethyl adjacent to an activating group) is 1. The fraction of sp³-hybridized carbons (Fsp3) is 0.627. The van der Waals surface area contributed by atoms with E-state index in [-0.39, 0.29) is 107 Å². The number of anilines is 1. The quantitative estimate of drug-likeness (QED) is 0.0497. The zero-order chi connectivity index (χ0) is 55.4. The van der Waals surface area contributed by atoms with E-state index in [1.165, 1.54) is 17.1 Å². The topological polar surface area (TPSA) is 225 Å². The molecule has 0 spiro atoms. The zero-order valence-corrected chi connectivity index (χ0v) is 46.4. The third-order valence-corrected chi connectivity index (χ3v) is 17.2. The number of hydrogen-bond donors (Lipinski definition) is 5. The van der Waals surface area contributed by atoms with Gasteiger partial charge in [-0.3, -0.25) is 48.6 Å². The summed E-state index contributed by atoms with van der Waals surface area (Å²) in [5.74, 6) is -1.96. The van der Waals surface area contributed by atoms with E-state index in [1.54, 1.807) is 38.3 Å². The molecule has 2 bridgehead atoms. The first-order chi connectivity index (χ1) is 36.9. The van der Waals surface area contributed by atoms with E-state index in [4.69, 9.17) is 9.47 Å². The molecular formula is C59H84N8O10. The van der Waals surface area contributed by atoms with Gasteiger partial charge >= 0.3 is 0 Å². The maximum atomic E-state index is 14.4. The minimum absolute atomic E-state index is 0.00726. The van der Waals surface area contributed by atoms with Crippen LogP contribution in [0, 0.1) is 17.3 Å². The van der Waals surface area contributed by atoms with Gasteiger partial charge < -0.3 is 40.5 Å². The molecular weight excluding hydrogens is 981 g/mol. The molecule has 420 valence electrons. The number of imide groups is 1. The van der Waals surface area contributed by atoms with E-state index in [1.807, 2.05) is 61.2 Å². The fourth-order valence-corrected chi connectivity index (χ4v) is 12.8. The smallest absolute Gasteiger partial charge is 0.253 e. The Kier molecular flexibility index (Phi) is 20.3. The predicted octanol–water partition coefficient (Wildman–Crippen LogP) is 5.33. The molecule has 3 aliphatic carbocycles. The summed E-state index contributed by atoms with van der Waals surface area (Å²) in [5, 5.41) is 15.6. The Morgan fingerprint density at radius 1 is 0.831 bits per heavy atom. The number of nitrogens with zero attached hydrogens (tertiary/aromatic N) is 3. The number of amides is 8. The van der Waals surface area contributed by atoms with Crippen molar-refractivity contribution in [2.45, 2.75) is 185 Å². The number of methoxy groups -OCH3 is 2. The van der Waals surface area contributed by atoms with Gasteiger partial charge in [0.1, 0.15) is 12.1 Å². The molecule has 0 radical (unpaired) electrons. The molecule has 6 fully saturated rings. The maximum absolute atomic E-state index is 14.4. The molecule has 18 nitrogen and oxygen atoms in total. The van der Waals surface area contributed by atoms with Crippen LogP contribution in [0.5, 0.6) is 0 Å². The number of ether oxygens (including phenoxy) is 2. The Morgan fingerprint density at radius 3 is 2.16 bits per heavy atom. The molecule has 77 heavy (non-hydrogen) atoms. The zero-order valence-electron chi connectivity index (χ0n) is 46.4. The van der Waals surface area contributed by atoms with Crippen LogP contribution in [0.25, 0.3) is 0 Å². The summed E-state index contributed by atoms with van der Waals surface area (Å²) in [6.45, 7) is 9.21. The van der Waals surface area contributed by atoms with E-state index in [0.29, 0.717) is 63.8 Å². The summed E-state index contributed by atoms with van der Waals surface area (Å²) >= 11 is 0. The van der Waals surface area contributed by atoms with E-state index in [9.17, 15) is 38.4 Å². The molecule has 8 atom stereocenters. The van der Waals surface area contributed by atoms with Crippen LogP contribution in [0.4, 0.5) is 5.69 Å². The fourth-order valence-electron chi connectivity index (χ4n) is 12.8. The third kappa shape index (κ3) is 14.4. The molecule has 0 aromatic heterocycles. The van der Waals surface area contributed by atoms with Crippen molar-refractivity contribution in [3.63, 3.8) is 0 Å². The molecule has 2 aromatic rings. The Morgan fingerprint density at radius 2 is 1.53 bits per heavy atom. The first-order valence-electron chi connectivity index (χ1n) is 28.1. The lowest BCUT2D eigenvalue weighted by atomic mass is 9.67. The molecule has 18 heteroatoms. The van der Waals surface area contributed by atoms with Gasteiger partial charge in [-0.1, -0.05) is 83.0 Å². The summed E-state index contributed by atoms with van der Waals surface area (Å²) in [6.07, 6.45) is 11.8. The molecule has 7 aliphatic rings. The maximum Gasteiger partial charge on any atom is 0.253 e. The van der Waals surface area contributed by atoms with Gasteiger partial charge in [0.25, 0.3) is 11.8 Å². The highest BCUT2D eigenvalue weighted by molar-refractivity contribution is 6.12. The number of carbonyl (C=O) groups is 8. The van der Waals surface area contributed by atoms with Crippen LogP contribution in [0.2, 0.25) is 0 Å². The Hall–Kier alpha value is -5.98. The number of likely N-dealkylation sites (tertiary alicyclic amines) is 1. The number of unbranched alkanes of at least 4 members (excludes halogenated alkanes) is 2. The molecule has 8 amide bonds. The SMILES string of the molecule is CC[C@H](C)[C@@H]([C@@H](CC(=O)N1CCC[C@H]1[C@@H](CCCC(=O)N[C@@H](Cc1ccccc1)C(=O)Nc1ccc(CNC(=O)CCCCCN2C(=O)C=CC2=O)cc1)OC)OC)N(C)C(=O)[C@@H](NC(=O)[C@H]1NC23CCC1(C2)C3)C(C)C. The number of fused-ring (bicyclic) bond motifs is 2. The summed E-state index contributed by atoms with van der Waals surface area (Å²) in [5.41, 5.74) is 2.36. The predicted molar refractivity (Wildman–Crippen MR) is 291 cm³/mol. The third-order valence-electron chi connectivity index (χ3n) is 17.2. The number of carbonyl (C=O) groups excluding carboxylic acids is 8. The van der Waals surface area contributed by atoms with Gasteiger partial charge in [-0.2, -0.15) is 0 Å². The van der Waals surface area contributed by atoms with Crippen LogP contribution in [0.1, 0.15) is 135 Å². The molecule has 3 saturated heterocycles. The van der Waals surface area contributed by atoms with Gasteiger partial charge in [0, 0.05) is 83.5 Å². The van der Waals surface area contributed by atoms with Crippen LogP contribution < -0.4 is 26.6 Å². The van der Waals surface area contributed by atoms with Crippen LogP contribution in [-0.4, -0.2) is 144 Å². The van der Waals surface area contributed by atoms with Crippen molar-refractivity contribution < 1.29 is 47.8 Å². The highest BCUT2D eigenvalue weighted by Gasteiger charge is 2.72. The lowest BCUT2D eigenvalue weighted by Crippen LogP contribution is -2.60. The van der Waals surface area contributed by atoms with Crippen molar-refractivity contribution >= 4 is 52.9 Å². The normalized spacial score (nSPS) is 23.5. The standard InChI is InChI=1S/C59H84N8O10/c1-8-39(4)53(65(5)57(75)52(38(2)3)63-56(74)54-58-29-30-59(36-58,37-58)64-54)46(77-7)34-51(72)66-32-16-19-44(66)45(76-6)20-15-22-48(69)62-43(33-40-17-11-9-12-18-40)55(73)61-42-25-23-41(24-26-42)35-60-47(68)21-13-10-14-31-67-49(70)27-28-50(67)71/h9,11-12,17-18,23-28,38-39,43-46,52-54,64H,8,10,13-16,19-22,29-37H2,1-7H3,(H,60,68)(H,61,73)(H,62,69)(H,63,74)/t39-,43-,44-,45+,46+,52-,53-,54+,58?,59?/m0/s1. The first-order valence-corrected chi connectivity index (χ1v) is 28.1. The van der Waals surface area contributed by atoms with Crippen LogP contribution in [0.15, 0.2) is 66.7 Å². The molecule has 5 N–H and O–H groups in total. The highest BCUT2D eigenvalue weighted by Crippen LogP contribution is 2.68. The van der Waals surface area contributed by atoms with E-state index in [0.717, 1.165) is 56.1 Å². The van der Waals surface area contributed by atoms with E-state index >= 15 is 0 Å². The largest absolute Gasteiger partial charge is 0.379 e. The van der Waals surface area contributed by atoms with Crippen molar-refractivity contribution in [1.82, 2.24) is 36.0 Å². The molecule has 4 heterocycles. The van der Waals surface area contributed by atoms with Crippen LogP contribution >= 0.6 is 0 Å². The second-order valence-corrected chi connectivity index (χ2v) is 22.8. The average Bonchev–Trinajstić information content (AvgIpc) is 4.33. The first kappa shape index (κ1) is 58.7. The van der Waals surface area contributed by atoms with Crippen molar-refractivity contribution in [2.24, 2.45) is 17.3 Å². The molecule has 2 aromatic carbocycles. The molecule has 3 saturated carbocycles. The van der Waals surface area contributed by atoms with E-state index < -0.39 is 24.2 Å². The van der Waals surface area contributed by atoms with Crippen molar-refractivity contribution in [3.05, 3.63) is 77.9 Å². The summed E-state index contributed by atoms with van der Waals surface area (Å²) < 4.78 is 12.1.